The average molecular weight is 450 g/mol. The summed E-state index contributed by atoms with van der Waals surface area (Å²) >= 11 is 0.989. The minimum Gasteiger partial charge on any atom is -0.493 e. The number of nitrogens with zero attached hydrogens (tertiary/aromatic N) is 1. The molecule has 0 spiro atoms. The number of H-pyrrole nitrogens is 1. The molecule has 0 atom stereocenters. The van der Waals surface area contributed by atoms with E-state index in [0.29, 0.717) is 40.2 Å². The third kappa shape index (κ3) is 5.81. The molecule has 0 bridgehead atoms. The smallest absolute Gasteiger partial charge is 0.416 e. The predicted octanol–water partition coefficient (Wildman–Crippen LogP) is 5.65. The van der Waals surface area contributed by atoms with E-state index in [1.165, 1.54) is 25.4 Å². The Bertz CT molecular complexity index is 1100. The fourth-order valence-corrected chi connectivity index (χ4v) is 3.42. The Hall–Kier alpha value is -2.94. The molecule has 1 N–H and O–H groups in total. The number of ether oxygens (including phenoxy) is 2. The SMILES string of the molecule is COc1cc(-c2c[nH]c(=O)c(Sc3ccc(C(F)(F)F)cc3)n2)ccc1OCC(C)C. The quantitative estimate of drug-likeness (QED) is 0.504. The fraction of sp³-hybridized carbons (Fsp3) is 0.273. The van der Waals surface area contributed by atoms with Gasteiger partial charge in [-0.05, 0) is 48.4 Å². The first kappa shape index (κ1) is 22.7. The van der Waals surface area contributed by atoms with E-state index in [1.54, 1.807) is 18.2 Å². The van der Waals surface area contributed by atoms with Crippen molar-refractivity contribution in [3.63, 3.8) is 0 Å². The van der Waals surface area contributed by atoms with Gasteiger partial charge in [0.25, 0.3) is 5.56 Å². The number of aromatic amines is 1. The van der Waals surface area contributed by atoms with E-state index < -0.39 is 17.3 Å². The van der Waals surface area contributed by atoms with Crippen molar-refractivity contribution in [2.45, 2.75) is 29.9 Å². The van der Waals surface area contributed by atoms with Crippen LogP contribution in [0.3, 0.4) is 0 Å². The Morgan fingerprint density at radius 2 is 1.81 bits per heavy atom. The summed E-state index contributed by atoms with van der Waals surface area (Å²) < 4.78 is 49.4. The molecular formula is C22H21F3N2O3S. The van der Waals surface area contributed by atoms with E-state index in [-0.39, 0.29) is 5.03 Å². The molecule has 0 amide bonds. The Morgan fingerprint density at radius 3 is 2.42 bits per heavy atom. The molecule has 164 valence electrons. The topological polar surface area (TPSA) is 64.2 Å². The fourth-order valence-electron chi connectivity index (χ4n) is 2.63. The van der Waals surface area contributed by atoms with E-state index in [2.05, 4.69) is 9.97 Å². The second kappa shape index (κ2) is 9.47. The minimum absolute atomic E-state index is 0.122. The molecule has 0 saturated carbocycles. The largest absolute Gasteiger partial charge is 0.493 e. The van der Waals surface area contributed by atoms with Crippen molar-refractivity contribution in [3.8, 4) is 22.8 Å². The van der Waals surface area contributed by atoms with Crippen LogP contribution in [0.25, 0.3) is 11.3 Å². The molecule has 0 saturated heterocycles. The number of hydrogen-bond acceptors (Lipinski definition) is 5. The van der Waals surface area contributed by atoms with Crippen LogP contribution in [0.5, 0.6) is 11.5 Å². The number of methoxy groups -OCH3 is 1. The van der Waals surface area contributed by atoms with Crippen LogP contribution in [0, 0.1) is 5.92 Å². The van der Waals surface area contributed by atoms with Crippen LogP contribution in [0.4, 0.5) is 13.2 Å². The Balaban J connectivity index is 1.86. The van der Waals surface area contributed by atoms with Crippen LogP contribution in [-0.4, -0.2) is 23.7 Å². The summed E-state index contributed by atoms with van der Waals surface area (Å²) in [6.45, 7) is 4.63. The first-order valence-corrected chi connectivity index (χ1v) is 10.2. The maximum Gasteiger partial charge on any atom is 0.416 e. The molecule has 1 aromatic heterocycles. The van der Waals surface area contributed by atoms with Crippen molar-refractivity contribution >= 4 is 11.8 Å². The molecular weight excluding hydrogens is 429 g/mol. The Kier molecular flexibility index (Phi) is 6.94. The summed E-state index contributed by atoms with van der Waals surface area (Å²) in [5.41, 5.74) is -0.00109. The minimum atomic E-state index is -4.41. The van der Waals surface area contributed by atoms with Crippen LogP contribution in [0.2, 0.25) is 0 Å². The van der Waals surface area contributed by atoms with Gasteiger partial charge in [0.2, 0.25) is 0 Å². The lowest BCUT2D eigenvalue weighted by atomic mass is 10.1. The van der Waals surface area contributed by atoms with Gasteiger partial charge >= 0.3 is 6.18 Å². The van der Waals surface area contributed by atoms with Crippen molar-refractivity contribution in [3.05, 3.63) is 64.6 Å². The van der Waals surface area contributed by atoms with Crippen molar-refractivity contribution in [1.29, 1.82) is 0 Å². The third-order valence-electron chi connectivity index (χ3n) is 4.18. The maximum atomic E-state index is 12.7. The molecule has 1 heterocycles. The number of benzene rings is 2. The van der Waals surface area contributed by atoms with E-state index in [1.807, 2.05) is 13.8 Å². The molecule has 9 heteroatoms. The van der Waals surface area contributed by atoms with Gasteiger partial charge in [-0.1, -0.05) is 25.6 Å². The standard InChI is InChI=1S/C22H21F3N2O3S/c1-13(2)12-30-18-9-4-14(10-19(18)29-3)17-11-26-20(28)21(27-17)31-16-7-5-15(6-8-16)22(23,24)25/h4-11,13H,12H2,1-3H3,(H,26,28). The first-order chi connectivity index (χ1) is 14.7. The molecule has 5 nitrogen and oxygen atoms in total. The summed E-state index contributed by atoms with van der Waals surface area (Å²) in [6.07, 6.45) is -2.94. The van der Waals surface area contributed by atoms with Crippen LogP contribution < -0.4 is 15.0 Å². The summed E-state index contributed by atoms with van der Waals surface area (Å²) in [4.78, 5) is 19.7. The maximum absolute atomic E-state index is 12.7. The zero-order valence-corrected chi connectivity index (χ0v) is 17.9. The van der Waals surface area contributed by atoms with Crippen molar-refractivity contribution in [1.82, 2.24) is 9.97 Å². The highest BCUT2D eigenvalue weighted by Crippen LogP contribution is 2.34. The van der Waals surface area contributed by atoms with Crippen LogP contribution in [0.15, 0.2) is 63.4 Å². The predicted molar refractivity (Wildman–Crippen MR) is 113 cm³/mol. The summed E-state index contributed by atoms with van der Waals surface area (Å²) in [6, 6.07) is 9.89. The second-order valence-corrected chi connectivity index (χ2v) is 8.18. The summed E-state index contributed by atoms with van der Waals surface area (Å²) in [7, 11) is 1.54. The molecule has 31 heavy (non-hydrogen) atoms. The molecule has 2 aromatic carbocycles. The Morgan fingerprint density at radius 1 is 1.10 bits per heavy atom. The lowest BCUT2D eigenvalue weighted by Gasteiger charge is -2.13. The first-order valence-electron chi connectivity index (χ1n) is 9.43. The zero-order chi connectivity index (χ0) is 22.6. The third-order valence-corrected chi connectivity index (χ3v) is 5.16. The van der Waals surface area contributed by atoms with Gasteiger partial charge in [-0.2, -0.15) is 13.2 Å². The normalized spacial score (nSPS) is 11.6. The molecule has 0 aliphatic carbocycles. The molecule has 3 aromatic rings. The van der Waals surface area contributed by atoms with Gasteiger partial charge in [-0.25, -0.2) is 4.98 Å². The van der Waals surface area contributed by atoms with E-state index in [4.69, 9.17) is 9.47 Å². The summed E-state index contributed by atoms with van der Waals surface area (Å²) in [5, 5.41) is 0.122. The van der Waals surface area contributed by atoms with Gasteiger partial charge in [0.15, 0.2) is 16.5 Å². The summed E-state index contributed by atoms with van der Waals surface area (Å²) in [5.74, 6) is 1.49. The molecule has 0 radical (unpaired) electrons. The zero-order valence-electron chi connectivity index (χ0n) is 17.1. The van der Waals surface area contributed by atoms with E-state index in [0.717, 1.165) is 23.9 Å². The number of hydrogen-bond donors (Lipinski definition) is 1. The highest BCUT2D eigenvalue weighted by molar-refractivity contribution is 7.99. The van der Waals surface area contributed by atoms with Gasteiger partial charge in [-0.15, -0.1) is 0 Å². The van der Waals surface area contributed by atoms with Crippen molar-refractivity contribution in [2.75, 3.05) is 13.7 Å². The molecule has 0 unspecified atom stereocenters. The average Bonchev–Trinajstić information content (AvgIpc) is 2.73. The number of halogens is 3. The number of aromatic nitrogens is 2. The molecule has 0 fully saturated rings. The van der Waals surface area contributed by atoms with E-state index >= 15 is 0 Å². The number of rotatable bonds is 7. The van der Waals surface area contributed by atoms with Crippen molar-refractivity contribution in [2.24, 2.45) is 5.92 Å². The second-order valence-electron chi connectivity index (χ2n) is 7.11. The molecule has 3 rings (SSSR count). The van der Waals surface area contributed by atoms with Crippen LogP contribution in [-0.2, 0) is 6.18 Å². The lowest BCUT2D eigenvalue weighted by molar-refractivity contribution is -0.137. The number of nitrogens with one attached hydrogen (secondary N) is 1. The molecule has 0 aliphatic rings. The lowest BCUT2D eigenvalue weighted by Crippen LogP contribution is -2.10. The van der Waals surface area contributed by atoms with Crippen molar-refractivity contribution < 1.29 is 22.6 Å². The van der Waals surface area contributed by atoms with Gasteiger partial charge in [0, 0.05) is 16.7 Å². The van der Waals surface area contributed by atoms with Gasteiger partial charge < -0.3 is 14.5 Å². The molecule has 0 aliphatic heterocycles. The van der Waals surface area contributed by atoms with Gasteiger partial charge in [-0.3, -0.25) is 4.79 Å². The van der Waals surface area contributed by atoms with Gasteiger partial charge in [0.05, 0.1) is 25.0 Å². The van der Waals surface area contributed by atoms with Crippen LogP contribution >= 0.6 is 11.8 Å². The van der Waals surface area contributed by atoms with Gasteiger partial charge in [0.1, 0.15) is 0 Å². The Labute approximate surface area is 181 Å². The van der Waals surface area contributed by atoms with Crippen LogP contribution in [0.1, 0.15) is 19.4 Å². The van der Waals surface area contributed by atoms with E-state index in [9.17, 15) is 18.0 Å². The number of alkyl halides is 3. The highest BCUT2D eigenvalue weighted by atomic mass is 32.2. The highest BCUT2D eigenvalue weighted by Gasteiger charge is 2.30. The monoisotopic (exact) mass is 450 g/mol.